The van der Waals surface area contributed by atoms with Crippen LogP contribution in [0.2, 0.25) is 10.0 Å². The van der Waals surface area contributed by atoms with Gasteiger partial charge in [0.2, 0.25) is 0 Å². The van der Waals surface area contributed by atoms with Gasteiger partial charge >= 0.3 is 0 Å². The minimum Gasteiger partial charge on any atom is -0.496 e. The van der Waals surface area contributed by atoms with Gasteiger partial charge in [-0.05, 0) is 31.3 Å². The molecule has 1 unspecified atom stereocenters. The van der Waals surface area contributed by atoms with Gasteiger partial charge in [0, 0.05) is 21.2 Å². The summed E-state index contributed by atoms with van der Waals surface area (Å²) < 4.78 is 19.4. The van der Waals surface area contributed by atoms with Crippen LogP contribution in [-0.2, 0) is 0 Å². The normalized spacial score (nSPS) is 12.2. The Morgan fingerprint density at radius 1 is 1.05 bits per heavy atom. The van der Waals surface area contributed by atoms with E-state index in [1.807, 2.05) is 6.07 Å². The first kappa shape index (κ1) is 15.1. The molecule has 0 amide bonds. The molecule has 0 saturated heterocycles. The molecule has 2 nitrogen and oxygen atoms in total. The van der Waals surface area contributed by atoms with E-state index >= 15 is 0 Å². The van der Waals surface area contributed by atoms with Crippen LogP contribution in [0.4, 0.5) is 4.39 Å². The molecule has 0 spiro atoms. The number of rotatable bonds is 4. The monoisotopic (exact) mass is 313 g/mol. The maximum atomic E-state index is 14.1. The Balaban J connectivity index is 2.52. The van der Waals surface area contributed by atoms with E-state index in [1.165, 1.54) is 6.07 Å². The van der Waals surface area contributed by atoms with Gasteiger partial charge in [0.25, 0.3) is 0 Å². The van der Waals surface area contributed by atoms with Crippen LogP contribution in [-0.4, -0.2) is 14.2 Å². The minimum atomic E-state index is -0.367. The number of ether oxygens (including phenoxy) is 1. The molecule has 2 aromatic carbocycles. The van der Waals surface area contributed by atoms with Crippen molar-refractivity contribution < 1.29 is 9.13 Å². The number of hydrogen-bond donors (Lipinski definition) is 1. The summed E-state index contributed by atoms with van der Waals surface area (Å²) in [4.78, 5) is 0. The highest BCUT2D eigenvalue weighted by atomic mass is 35.5. The lowest BCUT2D eigenvalue weighted by Gasteiger charge is -2.20. The van der Waals surface area contributed by atoms with Crippen molar-refractivity contribution >= 4 is 23.2 Å². The Morgan fingerprint density at radius 2 is 1.65 bits per heavy atom. The zero-order valence-corrected chi connectivity index (χ0v) is 12.6. The summed E-state index contributed by atoms with van der Waals surface area (Å²) >= 11 is 11.7. The number of nitrogens with one attached hydrogen (secondary N) is 1. The SMILES string of the molecule is CNC(c1ccc(Cl)cc1F)c1ccc(Cl)cc1OC. The molecule has 1 N–H and O–H groups in total. The minimum absolute atomic E-state index is 0.348. The van der Waals surface area contributed by atoms with Crippen molar-refractivity contribution in [3.8, 4) is 5.75 Å². The quantitative estimate of drug-likeness (QED) is 0.900. The van der Waals surface area contributed by atoms with E-state index in [4.69, 9.17) is 27.9 Å². The van der Waals surface area contributed by atoms with Gasteiger partial charge < -0.3 is 10.1 Å². The van der Waals surface area contributed by atoms with Crippen molar-refractivity contribution in [2.75, 3.05) is 14.2 Å². The second-order valence-electron chi connectivity index (χ2n) is 4.27. The van der Waals surface area contributed by atoms with Crippen molar-refractivity contribution in [3.63, 3.8) is 0 Å². The third-order valence-electron chi connectivity index (χ3n) is 3.07. The molecule has 0 saturated carbocycles. The van der Waals surface area contributed by atoms with Crippen LogP contribution in [0, 0.1) is 5.82 Å². The Kier molecular flexibility index (Phi) is 4.86. The average molecular weight is 314 g/mol. The van der Waals surface area contributed by atoms with Gasteiger partial charge in [0.15, 0.2) is 0 Å². The molecule has 0 radical (unpaired) electrons. The molecule has 2 rings (SSSR count). The Hall–Kier alpha value is -1.29. The van der Waals surface area contributed by atoms with E-state index in [0.29, 0.717) is 21.4 Å². The first-order valence-electron chi connectivity index (χ1n) is 6.02. The molecular formula is C15H14Cl2FNO. The molecule has 2 aromatic rings. The fourth-order valence-corrected chi connectivity index (χ4v) is 2.46. The van der Waals surface area contributed by atoms with Crippen LogP contribution in [0.25, 0.3) is 0 Å². The molecule has 0 aliphatic rings. The molecular weight excluding hydrogens is 300 g/mol. The number of benzene rings is 2. The molecule has 0 bridgehead atoms. The molecule has 1 atom stereocenters. The van der Waals surface area contributed by atoms with E-state index in [2.05, 4.69) is 5.32 Å². The van der Waals surface area contributed by atoms with Crippen molar-refractivity contribution in [2.45, 2.75) is 6.04 Å². The first-order chi connectivity index (χ1) is 9.56. The lowest BCUT2D eigenvalue weighted by molar-refractivity contribution is 0.404. The highest BCUT2D eigenvalue weighted by Crippen LogP contribution is 2.33. The fourth-order valence-electron chi connectivity index (χ4n) is 2.14. The van der Waals surface area contributed by atoms with E-state index in [9.17, 15) is 4.39 Å². The molecule has 20 heavy (non-hydrogen) atoms. The Bertz CT molecular complexity index is 619. The standard InChI is InChI=1S/C15H14Cl2FNO/c1-19-15(11-5-3-9(16)7-13(11)18)12-6-4-10(17)8-14(12)20-2/h3-8,15,19H,1-2H3. The largest absolute Gasteiger partial charge is 0.496 e. The van der Waals surface area contributed by atoms with Crippen LogP contribution in [0.5, 0.6) is 5.75 Å². The molecule has 0 aliphatic carbocycles. The average Bonchev–Trinajstić information content (AvgIpc) is 2.43. The second-order valence-corrected chi connectivity index (χ2v) is 5.15. The Labute approximate surface area is 127 Å². The van der Waals surface area contributed by atoms with Gasteiger partial charge in [-0.15, -0.1) is 0 Å². The van der Waals surface area contributed by atoms with Crippen LogP contribution in [0.1, 0.15) is 17.2 Å². The zero-order valence-electron chi connectivity index (χ0n) is 11.1. The molecule has 0 aliphatic heterocycles. The maximum Gasteiger partial charge on any atom is 0.129 e. The number of methoxy groups -OCH3 is 1. The third-order valence-corrected chi connectivity index (χ3v) is 3.54. The molecule has 0 aromatic heterocycles. The lowest BCUT2D eigenvalue weighted by atomic mass is 9.97. The molecule has 106 valence electrons. The predicted octanol–water partition coefficient (Wildman–Crippen LogP) is 4.45. The zero-order chi connectivity index (χ0) is 14.7. The van der Waals surface area contributed by atoms with Gasteiger partial charge in [0.05, 0.1) is 13.2 Å². The van der Waals surface area contributed by atoms with Gasteiger partial charge in [-0.1, -0.05) is 35.3 Å². The highest BCUT2D eigenvalue weighted by Gasteiger charge is 2.20. The van der Waals surface area contributed by atoms with Crippen molar-refractivity contribution in [1.82, 2.24) is 5.32 Å². The number of hydrogen-bond acceptors (Lipinski definition) is 2. The fraction of sp³-hybridized carbons (Fsp3) is 0.200. The molecule has 0 fully saturated rings. The van der Waals surface area contributed by atoms with Crippen LogP contribution in [0.15, 0.2) is 36.4 Å². The van der Waals surface area contributed by atoms with Gasteiger partial charge in [-0.3, -0.25) is 0 Å². The summed E-state index contributed by atoms with van der Waals surface area (Å²) in [6, 6.07) is 9.53. The Morgan fingerprint density at radius 3 is 2.20 bits per heavy atom. The summed E-state index contributed by atoms with van der Waals surface area (Å²) in [5.74, 6) is 0.236. The second kappa shape index (κ2) is 6.44. The van der Waals surface area contributed by atoms with E-state index in [1.54, 1.807) is 38.4 Å². The number of halogens is 3. The van der Waals surface area contributed by atoms with Crippen LogP contribution in [0.3, 0.4) is 0 Å². The summed E-state index contributed by atoms with van der Waals surface area (Å²) in [6.45, 7) is 0. The third kappa shape index (κ3) is 3.06. The van der Waals surface area contributed by atoms with Gasteiger partial charge in [-0.2, -0.15) is 0 Å². The molecule has 5 heteroatoms. The lowest BCUT2D eigenvalue weighted by Crippen LogP contribution is -2.19. The van der Waals surface area contributed by atoms with Gasteiger partial charge in [-0.25, -0.2) is 4.39 Å². The van der Waals surface area contributed by atoms with Crippen molar-refractivity contribution in [1.29, 1.82) is 0 Å². The van der Waals surface area contributed by atoms with Crippen LogP contribution >= 0.6 is 23.2 Å². The summed E-state index contributed by atoms with van der Waals surface area (Å²) in [6.07, 6.45) is 0. The van der Waals surface area contributed by atoms with E-state index < -0.39 is 0 Å². The summed E-state index contributed by atoms with van der Waals surface area (Å²) in [5.41, 5.74) is 1.30. The van der Waals surface area contributed by atoms with Crippen LogP contribution < -0.4 is 10.1 Å². The molecule has 0 heterocycles. The van der Waals surface area contributed by atoms with Crippen molar-refractivity contribution in [3.05, 3.63) is 63.4 Å². The highest BCUT2D eigenvalue weighted by molar-refractivity contribution is 6.31. The summed E-state index contributed by atoms with van der Waals surface area (Å²) in [7, 11) is 3.31. The van der Waals surface area contributed by atoms with E-state index in [-0.39, 0.29) is 11.9 Å². The smallest absolute Gasteiger partial charge is 0.129 e. The predicted molar refractivity (Wildman–Crippen MR) is 80.3 cm³/mol. The topological polar surface area (TPSA) is 21.3 Å². The van der Waals surface area contributed by atoms with E-state index in [0.717, 1.165) is 5.56 Å². The van der Waals surface area contributed by atoms with Crippen molar-refractivity contribution in [2.24, 2.45) is 0 Å². The summed E-state index contributed by atoms with van der Waals surface area (Å²) in [5, 5.41) is 4.01. The maximum absolute atomic E-state index is 14.1. The first-order valence-corrected chi connectivity index (χ1v) is 6.78. The van der Waals surface area contributed by atoms with Gasteiger partial charge in [0.1, 0.15) is 11.6 Å².